The lowest BCUT2D eigenvalue weighted by Crippen LogP contribution is -2.47. The molecule has 37 heavy (non-hydrogen) atoms. The molecule has 0 aliphatic carbocycles. The minimum absolute atomic E-state index is 0.113. The fraction of sp³-hybridized carbons (Fsp3) is 0.310. The van der Waals surface area contributed by atoms with E-state index in [-0.39, 0.29) is 31.0 Å². The quantitative estimate of drug-likeness (QED) is 0.389. The van der Waals surface area contributed by atoms with Gasteiger partial charge >= 0.3 is 0 Å². The zero-order valence-electron chi connectivity index (χ0n) is 20.7. The molecule has 6 nitrogen and oxygen atoms in total. The summed E-state index contributed by atoms with van der Waals surface area (Å²) in [6, 6.07) is 21.6. The van der Waals surface area contributed by atoms with Crippen molar-refractivity contribution in [1.82, 2.24) is 9.80 Å². The Morgan fingerprint density at radius 1 is 0.973 bits per heavy atom. The van der Waals surface area contributed by atoms with E-state index in [1.165, 1.54) is 4.90 Å². The maximum atomic E-state index is 13.7. The van der Waals surface area contributed by atoms with Gasteiger partial charge in [0.15, 0.2) is 6.61 Å². The number of benzene rings is 3. The predicted molar refractivity (Wildman–Crippen MR) is 147 cm³/mol. The van der Waals surface area contributed by atoms with Crippen LogP contribution < -0.4 is 9.64 Å². The van der Waals surface area contributed by atoms with Gasteiger partial charge in [0.2, 0.25) is 5.91 Å². The molecule has 2 aliphatic rings. The van der Waals surface area contributed by atoms with Crippen molar-refractivity contribution in [2.45, 2.75) is 18.9 Å². The minimum atomic E-state index is -0.296. The SMILES string of the molecule is CN(C(=O)CN1C(=O)COc2cc(Cl)c(Cl)cc21)C(CN1CCCC1)c1cccc(-c2ccccc2)c1. The number of anilines is 1. The predicted octanol–water partition coefficient (Wildman–Crippen LogP) is 5.68. The van der Waals surface area contributed by atoms with Crippen LogP contribution in [0.15, 0.2) is 66.7 Å². The molecular weight excluding hydrogens is 509 g/mol. The van der Waals surface area contributed by atoms with E-state index >= 15 is 0 Å². The van der Waals surface area contributed by atoms with Gasteiger partial charge in [-0.15, -0.1) is 0 Å². The highest BCUT2D eigenvalue weighted by Gasteiger charge is 2.32. The van der Waals surface area contributed by atoms with Crippen LogP contribution >= 0.6 is 23.2 Å². The molecule has 0 saturated carbocycles. The van der Waals surface area contributed by atoms with Crippen LogP contribution in [0, 0.1) is 0 Å². The molecule has 0 spiro atoms. The van der Waals surface area contributed by atoms with Crippen molar-refractivity contribution in [1.29, 1.82) is 0 Å². The summed E-state index contributed by atoms with van der Waals surface area (Å²) in [4.78, 5) is 32.1. The van der Waals surface area contributed by atoms with Crippen molar-refractivity contribution in [3.8, 4) is 16.9 Å². The zero-order chi connectivity index (χ0) is 25.9. The van der Waals surface area contributed by atoms with Gasteiger partial charge in [0.25, 0.3) is 5.91 Å². The van der Waals surface area contributed by atoms with Crippen LogP contribution in [-0.4, -0.2) is 61.4 Å². The molecule has 1 atom stereocenters. The lowest BCUT2D eigenvalue weighted by Gasteiger charge is -2.35. The summed E-state index contributed by atoms with van der Waals surface area (Å²) in [5.74, 6) is -0.0231. The van der Waals surface area contributed by atoms with E-state index in [9.17, 15) is 9.59 Å². The number of hydrogen-bond donors (Lipinski definition) is 0. The second-order valence-corrected chi connectivity index (χ2v) is 10.3. The van der Waals surface area contributed by atoms with Crippen molar-refractivity contribution in [2.24, 2.45) is 0 Å². The highest BCUT2D eigenvalue weighted by Crippen LogP contribution is 2.39. The largest absolute Gasteiger partial charge is 0.482 e. The first kappa shape index (κ1) is 25.6. The van der Waals surface area contributed by atoms with E-state index in [1.54, 1.807) is 17.0 Å². The van der Waals surface area contributed by atoms with Gasteiger partial charge in [0, 0.05) is 19.7 Å². The smallest absolute Gasteiger partial charge is 0.265 e. The van der Waals surface area contributed by atoms with Gasteiger partial charge in [-0.2, -0.15) is 0 Å². The maximum absolute atomic E-state index is 13.7. The standard InChI is InChI=1S/C29H29Cl2N3O3/c1-32(28(35)18-34-25-15-23(30)24(31)16-27(25)37-19-29(34)36)26(17-33-12-5-6-13-33)22-11-7-10-21(14-22)20-8-3-2-4-9-20/h2-4,7-11,14-16,26H,5-6,12-13,17-19H2,1H3. The summed E-state index contributed by atoms with van der Waals surface area (Å²) in [7, 11) is 1.82. The molecule has 1 fully saturated rings. The van der Waals surface area contributed by atoms with Crippen molar-refractivity contribution >= 4 is 40.7 Å². The monoisotopic (exact) mass is 537 g/mol. The molecule has 0 aromatic heterocycles. The summed E-state index contributed by atoms with van der Waals surface area (Å²) in [5.41, 5.74) is 3.75. The normalized spacial score (nSPS) is 16.3. The Morgan fingerprint density at radius 3 is 2.43 bits per heavy atom. The number of ether oxygens (including phenoxy) is 1. The molecule has 8 heteroatoms. The number of amides is 2. The summed E-state index contributed by atoms with van der Waals surface area (Å²) < 4.78 is 5.54. The number of likely N-dealkylation sites (tertiary alicyclic amines) is 1. The first-order valence-corrected chi connectivity index (χ1v) is 13.2. The van der Waals surface area contributed by atoms with E-state index in [0.717, 1.165) is 49.2 Å². The zero-order valence-corrected chi connectivity index (χ0v) is 22.2. The third kappa shape index (κ3) is 5.61. The molecule has 3 aromatic carbocycles. The van der Waals surface area contributed by atoms with E-state index in [4.69, 9.17) is 27.9 Å². The van der Waals surface area contributed by atoms with Gasteiger partial charge in [-0.1, -0.05) is 71.7 Å². The maximum Gasteiger partial charge on any atom is 0.265 e. The van der Waals surface area contributed by atoms with Gasteiger partial charge < -0.3 is 14.5 Å². The lowest BCUT2D eigenvalue weighted by atomic mass is 9.98. The van der Waals surface area contributed by atoms with Gasteiger partial charge in [-0.25, -0.2) is 0 Å². The summed E-state index contributed by atoms with van der Waals surface area (Å²) in [6.45, 7) is 2.50. The van der Waals surface area contributed by atoms with Crippen LogP contribution in [0.5, 0.6) is 5.75 Å². The third-order valence-electron chi connectivity index (χ3n) is 7.11. The second kappa shape index (κ2) is 11.1. The third-order valence-corrected chi connectivity index (χ3v) is 7.83. The van der Waals surface area contributed by atoms with E-state index in [2.05, 4.69) is 35.2 Å². The van der Waals surface area contributed by atoms with E-state index in [0.29, 0.717) is 21.5 Å². The van der Waals surface area contributed by atoms with Crippen LogP contribution in [-0.2, 0) is 9.59 Å². The first-order valence-electron chi connectivity index (χ1n) is 12.5. The highest BCUT2D eigenvalue weighted by molar-refractivity contribution is 6.42. The Morgan fingerprint density at radius 2 is 1.68 bits per heavy atom. The molecule has 0 N–H and O–H groups in total. The van der Waals surface area contributed by atoms with Crippen LogP contribution in [0.4, 0.5) is 5.69 Å². The Bertz CT molecular complexity index is 1290. The summed E-state index contributed by atoms with van der Waals surface area (Å²) >= 11 is 12.4. The lowest BCUT2D eigenvalue weighted by molar-refractivity contribution is -0.133. The summed E-state index contributed by atoms with van der Waals surface area (Å²) in [6.07, 6.45) is 2.33. The molecule has 192 valence electrons. The molecule has 1 saturated heterocycles. The van der Waals surface area contributed by atoms with Crippen molar-refractivity contribution in [3.05, 3.63) is 82.3 Å². The van der Waals surface area contributed by atoms with Crippen LogP contribution in [0.3, 0.4) is 0 Å². The van der Waals surface area contributed by atoms with Crippen molar-refractivity contribution in [3.63, 3.8) is 0 Å². The molecule has 0 radical (unpaired) electrons. The minimum Gasteiger partial charge on any atom is -0.482 e. The number of rotatable bonds is 7. The molecule has 2 heterocycles. The Labute approximate surface area is 227 Å². The van der Waals surface area contributed by atoms with E-state index in [1.807, 2.05) is 31.3 Å². The average Bonchev–Trinajstić information content (AvgIpc) is 3.43. The molecule has 5 rings (SSSR count). The Hall–Kier alpha value is -3.06. The number of halogens is 2. The first-order chi connectivity index (χ1) is 17.9. The van der Waals surface area contributed by atoms with Crippen LogP contribution in [0.2, 0.25) is 10.0 Å². The number of nitrogens with zero attached hydrogens (tertiary/aromatic N) is 3. The van der Waals surface area contributed by atoms with E-state index < -0.39 is 0 Å². The van der Waals surface area contributed by atoms with Gasteiger partial charge in [0.1, 0.15) is 12.3 Å². The number of carbonyl (C=O) groups is 2. The van der Waals surface area contributed by atoms with Gasteiger partial charge in [-0.05, 0) is 54.8 Å². The molecule has 0 bridgehead atoms. The fourth-order valence-electron chi connectivity index (χ4n) is 5.01. The Kier molecular flexibility index (Phi) is 7.70. The summed E-state index contributed by atoms with van der Waals surface area (Å²) in [5, 5.41) is 0.635. The fourth-order valence-corrected chi connectivity index (χ4v) is 5.32. The molecule has 3 aromatic rings. The Balaban J connectivity index is 1.42. The number of carbonyl (C=O) groups excluding carboxylic acids is 2. The molecular formula is C29H29Cl2N3O3. The van der Waals surface area contributed by atoms with Crippen LogP contribution in [0.1, 0.15) is 24.4 Å². The van der Waals surface area contributed by atoms with Gasteiger partial charge in [0.05, 0.1) is 21.8 Å². The van der Waals surface area contributed by atoms with Crippen LogP contribution in [0.25, 0.3) is 11.1 Å². The topological polar surface area (TPSA) is 53.1 Å². The molecule has 2 amide bonds. The molecule has 1 unspecified atom stereocenters. The highest BCUT2D eigenvalue weighted by atomic mass is 35.5. The van der Waals surface area contributed by atoms with Crippen molar-refractivity contribution in [2.75, 3.05) is 44.7 Å². The molecule has 2 aliphatic heterocycles. The van der Waals surface area contributed by atoms with Crippen molar-refractivity contribution < 1.29 is 14.3 Å². The average molecular weight is 538 g/mol. The number of fused-ring (bicyclic) bond motifs is 1. The number of hydrogen-bond acceptors (Lipinski definition) is 4. The second-order valence-electron chi connectivity index (χ2n) is 9.52. The van der Waals surface area contributed by atoms with Gasteiger partial charge in [-0.3, -0.25) is 14.5 Å². The number of likely N-dealkylation sites (N-methyl/N-ethyl adjacent to an activating group) is 1.